The molecule has 1 aromatic heterocycles. The van der Waals surface area contributed by atoms with E-state index in [1.807, 2.05) is 26.0 Å². The molecular weight excluding hydrogens is 268 g/mol. The average Bonchev–Trinajstić information content (AvgIpc) is 2.50. The SMILES string of the molecule is COc1cc2ccnc(C(=O)NCC(C)C)c2cc1OC. The zero-order chi connectivity index (χ0) is 15.4. The second-order valence-electron chi connectivity index (χ2n) is 5.19. The van der Waals surface area contributed by atoms with Gasteiger partial charge >= 0.3 is 0 Å². The quantitative estimate of drug-likeness (QED) is 0.918. The van der Waals surface area contributed by atoms with Crippen molar-refractivity contribution in [3.05, 3.63) is 30.1 Å². The molecule has 0 atom stereocenters. The number of carbonyl (C=O) groups excluding carboxylic acids is 1. The van der Waals surface area contributed by atoms with Crippen LogP contribution in [0.3, 0.4) is 0 Å². The number of nitrogens with one attached hydrogen (secondary N) is 1. The Labute approximate surface area is 124 Å². The van der Waals surface area contributed by atoms with Crippen LogP contribution in [-0.2, 0) is 0 Å². The Morgan fingerprint density at radius 3 is 2.52 bits per heavy atom. The fourth-order valence-electron chi connectivity index (χ4n) is 2.06. The summed E-state index contributed by atoms with van der Waals surface area (Å²) in [5.74, 6) is 1.42. The van der Waals surface area contributed by atoms with Gasteiger partial charge in [0, 0.05) is 18.1 Å². The van der Waals surface area contributed by atoms with Gasteiger partial charge in [-0.05, 0) is 29.5 Å². The monoisotopic (exact) mass is 288 g/mol. The predicted octanol–water partition coefficient (Wildman–Crippen LogP) is 2.64. The van der Waals surface area contributed by atoms with E-state index < -0.39 is 0 Å². The molecule has 5 nitrogen and oxygen atoms in total. The number of methoxy groups -OCH3 is 2. The third-order valence-corrected chi connectivity index (χ3v) is 3.15. The molecule has 0 saturated carbocycles. The molecular formula is C16H20N2O3. The van der Waals surface area contributed by atoms with Gasteiger partial charge in [-0.15, -0.1) is 0 Å². The molecule has 21 heavy (non-hydrogen) atoms. The molecule has 1 aromatic carbocycles. The summed E-state index contributed by atoms with van der Waals surface area (Å²) in [6, 6.07) is 5.47. The number of nitrogens with zero attached hydrogens (tertiary/aromatic N) is 1. The van der Waals surface area contributed by atoms with Crippen molar-refractivity contribution in [1.82, 2.24) is 10.3 Å². The van der Waals surface area contributed by atoms with Crippen LogP contribution in [0.5, 0.6) is 11.5 Å². The van der Waals surface area contributed by atoms with Crippen LogP contribution in [0.1, 0.15) is 24.3 Å². The standard InChI is InChI=1S/C16H20N2O3/c1-10(2)9-18-16(19)15-12-8-14(21-4)13(20-3)7-11(12)5-6-17-15/h5-8,10H,9H2,1-4H3,(H,18,19). The van der Waals surface area contributed by atoms with Crippen molar-refractivity contribution >= 4 is 16.7 Å². The van der Waals surface area contributed by atoms with Gasteiger partial charge in [0.2, 0.25) is 0 Å². The number of benzene rings is 1. The zero-order valence-corrected chi connectivity index (χ0v) is 12.8. The molecule has 0 aliphatic carbocycles. The summed E-state index contributed by atoms with van der Waals surface area (Å²) in [4.78, 5) is 16.5. The summed E-state index contributed by atoms with van der Waals surface area (Å²) in [5, 5.41) is 4.52. The summed E-state index contributed by atoms with van der Waals surface area (Å²) in [7, 11) is 3.15. The van der Waals surface area contributed by atoms with Crippen molar-refractivity contribution < 1.29 is 14.3 Å². The van der Waals surface area contributed by atoms with E-state index in [9.17, 15) is 4.79 Å². The normalized spacial score (nSPS) is 10.7. The molecule has 0 bridgehead atoms. The van der Waals surface area contributed by atoms with E-state index >= 15 is 0 Å². The first-order chi connectivity index (χ1) is 10.1. The van der Waals surface area contributed by atoms with Crippen molar-refractivity contribution in [3.8, 4) is 11.5 Å². The first-order valence-electron chi connectivity index (χ1n) is 6.85. The lowest BCUT2D eigenvalue weighted by atomic mass is 10.1. The van der Waals surface area contributed by atoms with Gasteiger partial charge in [-0.3, -0.25) is 9.78 Å². The largest absolute Gasteiger partial charge is 0.493 e. The third-order valence-electron chi connectivity index (χ3n) is 3.15. The van der Waals surface area contributed by atoms with Crippen LogP contribution in [0.25, 0.3) is 10.8 Å². The second-order valence-corrected chi connectivity index (χ2v) is 5.19. The maximum atomic E-state index is 12.3. The van der Waals surface area contributed by atoms with E-state index in [1.165, 1.54) is 0 Å². The first-order valence-corrected chi connectivity index (χ1v) is 6.85. The molecule has 1 amide bonds. The Morgan fingerprint density at radius 1 is 1.24 bits per heavy atom. The third kappa shape index (κ3) is 3.24. The van der Waals surface area contributed by atoms with E-state index in [-0.39, 0.29) is 5.91 Å². The zero-order valence-electron chi connectivity index (χ0n) is 12.8. The Balaban J connectivity index is 2.47. The van der Waals surface area contributed by atoms with Gasteiger partial charge < -0.3 is 14.8 Å². The van der Waals surface area contributed by atoms with Crippen LogP contribution in [0.2, 0.25) is 0 Å². The molecule has 5 heteroatoms. The van der Waals surface area contributed by atoms with Gasteiger partial charge in [0.05, 0.1) is 14.2 Å². The van der Waals surface area contributed by atoms with Gasteiger partial charge in [0.15, 0.2) is 11.5 Å². The van der Waals surface area contributed by atoms with E-state index in [1.54, 1.807) is 26.5 Å². The number of rotatable bonds is 5. The molecule has 2 rings (SSSR count). The molecule has 0 unspecified atom stereocenters. The average molecular weight is 288 g/mol. The number of amides is 1. The van der Waals surface area contributed by atoms with E-state index in [2.05, 4.69) is 10.3 Å². The minimum atomic E-state index is -0.179. The fourth-order valence-corrected chi connectivity index (χ4v) is 2.06. The number of hydrogen-bond donors (Lipinski definition) is 1. The van der Waals surface area contributed by atoms with E-state index in [0.717, 1.165) is 10.8 Å². The van der Waals surface area contributed by atoms with Gasteiger partial charge in [0.1, 0.15) is 5.69 Å². The highest BCUT2D eigenvalue weighted by Crippen LogP contribution is 2.32. The molecule has 0 radical (unpaired) electrons. The highest BCUT2D eigenvalue weighted by molar-refractivity contribution is 6.06. The summed E-state index contributed by atoms with van der Waals surface area (Å²) in [6.45, 7) is 4.71. The van der Waals surface area contributed by atoms with Crippen LogP contribution < -0.4 is 14.8 Å². The Hall–Kier alpha value is -2.30. The maximum Gasteiger partial charge on any atom is 0.270 e. The lowest BCUT2D eigenvalue weighted by Crippen LogP contribution is -2.28. The van der Waals surface area contributed by atoms with Gasteiger partial charge in [0.25, 0.3) is 5.91 Å². The minimum absolute atomic E-state index is 0.179. The molecule has 0 aliphatic heterocycles. The summed E-state index contributed by atoms with van der Waals surface area (Å²) < 4.78 is 10.6. The molecule has 112 valence electrons. The number of carbonyl (C=O) groups is 1. The number of fused-ring (bicyclic) bond motifs is 1. The lowest BCUT2D eigenvalue weighted by molar-refractivity contribution is 0.0946. The van der Waals surface area contributed by atoms with Crippen LogP contribution in [0, 0.1) is 5.92 Å². The Kier molecular flexibility index (Phi) is 4.62. The highest BCUT2D eigenvalue weighted by Gasteiger charge is 2.15. The number of pyridine rings is 1. The van der Waals surface area contributed by atoms with Crippen LogP contribution in [-0.4, -0.2) is 31.7 Å². The van der Waals surface area contributed by atoms with Crippen molar-refractivity contribution in [2.75, 3.05) is 20.8 Å². The summed E-state index contributed by atoms with van der Waals surface area (Å²) >= 11 is 0. The fraction of sp³-hybridized carbons (Fsp3) is 0.375. The van der Waals surface area contributed by atoms with Crippen molar-refractivity contribution in [3.63, 3.8) is 0 Å². The molecule has 0 fully saturated rings. The predicted molar refractivity (Wildman–Crippen MR) is 82.0 cm³/mol. The van der Waals surface area contributed by atoms with Crippen molar-refractivity contribution in [2.45, 2.75) is 13.8 Å². The molecule has 0 saturated heterocycles. The minimum Gasteiger partial charge on any atom is -0.493 e. The highest BCUT2D eigenvalue weighted by atomic mass is 16.5. The van der Waals surface area contributed by atoms with Gasteiger partial charge in [-0.2, -0.15) is 0 Å². The number of hydrogen-bond acceptors (Lipinski definition) is 4. The van der Waals surface area contributed by atoms with Crippen LogP contribution in [0.4, 0.5) is 0 Å². The lowest BCUT2D eigenvalue weighted by Gasteiger charge is -2.12. The van der Waals surface area contributed by atoms with Crippen molar-refractivity contribution in [2.24, 2.45) is 5.92 Å². The van der Waals surface area contributed by atoms with E-state index in [4.69, 9.17) is 9.47 Å². The molecule has 2 aromatic rings. The van der Waals surface area contributed by atoms with E-state index in [0.29, 0.717) is 29.7 Å². The topological polar surface area (TPSA) is 60.5 Å². The number of ether oxygens (including phenoxy) is 2. The second kappa shape index (κ2) is 6.43. The Morgan fingerprint density at radius 2 is 1.90 bits per heavy atom. The van der Waals surface area contributed by atoms with Crippen molar-refractivity contribution in [1.29, 1.82) is 0 Å². The smallest absolute Gasteiger partial charge is 0.270 e. The van der Waals surface area contributed by atoms with Crippen LogP contribution in [0.15, 0.2) is 24.4 Å². The molecule has 0 aliphatic rings. The molecule has 1 N–H and O–H groups in total. The molecule has 1 heterocycles. The summed E-state index contributed by atoms with van der Waals surface area (Å²) in [6.07, 6.45) is 1.62. The maximum absolute atomic E-state index is 12.3. The van der Waals surface area contributed by atoms with Crippen LogP contribution >= 0.6 is 0 Å². The Bertz CT molecular complexity index is 653. The van der Waals surface area contributed by atoms with Gasteiger partial charge in [-0.25, -0.2) is 0 Å². The van der Waals surface area contributed by atoms with Gasteiger partial charge in [-0.1, -0.05) is 13.8 Å². The first kappa shape index (κ1) is 15.1. The number of aromatic nitrogens is 1. The molecule has 0 spiro atoms. The summed E-state index contributed by atoms with van der Waals surface area (Å²) in [5.41, 5.74) is 0.397.